The van der Waals surface area contributed by atoms with Crippen LogP contribution in [-0.2, 0) is 4.79 Å². The Labute approximate surface area is 150 Å². The largest absolute Gasteiger partial charge is 0.481 e. The second kappa shape index (κ2) is 15.8. The van der Waals surface area contributed by atoms with E-state index in [4.69, 9.17) is 5.11 Å². The fraction of sp³-hybridized carbons (Fsp3) is 0.550. The summed E-state index contributed by atoms with van der Waals surface area (Å²) in [7, 11) is 0. The molecule has 25 heavy (non-hydrogen) atoms. The van der Waals surface area contributed by atoms with Crippen molar-refractivity contribution in [3.05, 3.63) is 48.6 Å². The van der Waals surface area contributed by atoms with Crippen LogP contribution in [0, 0.1) is 0 Å². The Kier molecular flexibility index (Phi) is 14.7. The monoisotopic (exact) mass is 352 g/mol. The second-order valence-electron chi connectivity index (χ2n) is 5.95. The maximum absolute atomic E-state index is 10.4. The molecule has 0 aliphatic carbocycles. The van der Waals surface area contributed by atoms with Crippen molar-refractivity contribution in [2.45, 2.75) is 70.2 Å². The summed E-state index contributed by atoms with van der Waals surface area (Å²) in [5.41, 5.74) is 0. The Morgan fingerprint density at radius 3 is 2.04 bits per heavy atom. The Bertz CT molecular complexity index is 451. The average Bonchev–Trinajstić information content (AvgIpc) is 2.56. The highest BCUT2D eigenvalue weighted by Crippen LogP contribution is 2.07. The maximum Gasteiger partial charge on any atom is 0.303 e. The van der Waals surface area contributed by atoms with Gasteiger partial charge in [-0.25, -0.2) is 0 Å². The smallest absolute Gasteiger partial charge is 0.303 e. The highest BCUT2D eigenvalue weighted by Gasteiger charge is 2.11. The van der Waals surface area contributed by atoms with Crippen molar-refractivity contribution < 1.29 is 25.2 Å². The number of aliphatic carboxylic acids is 1. The molecule has 0 unspecified atom stereocenters. The molecule has 0 radical (unpaired) electrons. The summed E-state index contributed by atoms with van der Waals surface area (Å²) >= 11 is 0. The lowest BCUT2D eigenvalue weighted by atomic mass is 10.1. The molecule has 4 N–H and O–H groups in total. The van der Waals surface area contributed by atoms with Crippen LogP contribution in [0.5, 0.6) is 0 Å². The van der Waals surface area contributed by atoms with Gasteiger partial charge in [0, 0.05) is 6.42 Å². The van der Waals surface area contributed by atoms with E-state index in [1.807, 2.05) is 0 Å². The van der Waals surface area contributed by atoms with E-state index in [9.17, 15) is 20.1 Å². The summed E-state index contributed by atoms with van der Waals surface area (Å²) in [5, 5.41) is 37.6. The summed E-state index contributed by atoms with van der Waals surface area (Å²) < 4.78 is 0. The summed E-state index contributed by atoms with van der Waals surface area (Å²) in [6.45, 7) is 2.09. The lowest BCUT2D eigenvalue weighted by molar-refractivity contribution is -0.137. The minimum absolute atomic E-state index is 0.0644. The standard InChI is InChI=1S/C20H32O5/c1-2-3-8-14-18(22)19(23)15-10-7-5-4-6-9-12-17(21)13-11-16-20(24)25/h4-7,9-10,12,15,17-19,21-23H,2-3,8,11,13-14,16H2,1H3,(H,24,25)/b6-4+,7-5+,12-9-,15-10+/t17-,18+,19-/m1/s1. The zero-order chi connectivity index (χ0) is 18.9. The van der Waals surface area contributed by atoms with Crippen molar-refractivity contribution >= 4 is 5.97 Å². The molecule has 3 atom stereocenters. The van der Waals surface area contributed by atoms with Gasteiger partial charge < -0.3 is 20.4 Å². The summed E-state index contributed by atoms with van der Waals surface area (Å²) in [6.07, 6.45) is 16.0. The predicted molar refractivity (Wildman–Crippen MR) is 100 cm³/mol. The van der Waals surface area contributed by atoms with Gasteiger partial charge >= 0.3 is 5.97 Å². The highest BCUT2D eigenvalue weighted by atomic mass is 16.4. The number of hydrogen-bond acceptors (Lipinski definition) is 4. The van der Waals surface area contributed by atoms with Crippen LogP contribution in [0.25, 0.3) is 0 Å². The minimum Gasteiger partial charge on any atom is -0.481 e. The van der Waals surface area contributed by atoms with E-state index < -0.39 is 24.3 Å². The molecule has 0 amide bonds. The van der Waals surface area contributed by atoms with Gasteiger partial charge in [0.15, 0.2) is 0 Å². The van der Waals surface area contributed by atoms with Crippen molar-refractivity contribution in [2.24, 2.45) is 0 Å². The topological polar surface area (TPSA) is 98.0 Å². The minimum atomic E-state index is -0.855. The van der Waals surface area contributed by atoms with Crippen molar-refractivity contribution in [2.75, 3.05) is 0 Å². The number of rotatable bonds is 14. The maximum atomic E-state index is 10.4. The number of hydrogen-bond donors (Lipinski definition) is 4. The number of allylic oxidation sites excluding steroid dienone is 6. The first-order valence-electron chi connectivity index (χ1n) is 8.91. The van der Waals surface area contributed by atoms with Crippen molar-refractivity contribution in [3.8, 4) is 0 Å². The number of unbranched alkanes of at least 4 members (excludes halogenated alkanes) is 2. The number of carboxylic acid groups (broad SMARTS) is 1. The molecule has 0 aromatic carbocycles. The van der Waals surface area contributed by atoms with Crippen LogP contribution in [0.2, 0.25) is 0 Å². The third-order valence-corrected chi connectivity index (χ3v) is 3.59. The van der Waals surface area contributed by atoms with E-state index in [0.29, 0.717) is 19.3 Å². The van der Waals surface area contributed by atoms with Crippen LogP contribution in [0.1, 0.15) is 51.9 Å². The molecule has 0 fully saturated rings. The molecule has 0 spiro atoms. The fourth-order valence-electron chi connectivity index (χ4n) is 2.09. The van der Waals surface area contributed by atoms with E-state index >= 15 is 0 Å². The first kappa shape index (κ1) is 23.3. The third kappa shape index (κ3) is 15.6. The number of aliphatic hydroxyl groups is 3. The molecule has 0 rings (SSSR count). The van der Waals surface area contributed by atoms with Gasteiger partial charge in [0.2, 0.25) is 0 Å². The van der Waals surface area contributed by atoms with Gasteiger partial charge in [-0.2, -0.15) is 0 Å². The van der Waals surface area contributed by atoms with E-state index in [-0.39, 0.29) is 6.42 Å². The van der Waals surface area contributed by atoms with Crippen molar-refractivity contribution in [3.63, 3.8) is 0 Å². The van der Waals surface area contributed by atoms with Crippen LogP contribution in [0.15, 0.2) is 48.6 Å². The van der Waals surface area contributed by atoms with E-state index in [2.05, 4.69) is 6.92 Å². The molecule has 0 aromatic heterocycles. The van der Waals surface area contributed by atoms with Gasteiger partial charge in [0.1, 0.15) is 0 Å². The number of aliphatic hydroxyl groups excluding tert-OH is 3. The Morgan fingerprint density at radius 2 is 1.44 bits per heavy atom. The van der Waals surface area contributed by atoms with Crippen molar-refractivity contribution in [1.82, 2.24) is 0 Å². The normalized spacial score (nSPS) is 16.3. The average molecular weight is 352 g/mol. The molecule has 0 saturated carbocycles. The van der Waals surface area contributed by atoms with E-state index in [0.717, 1.165) is 19.3 Å². The quantitative estimate of drug-likeness (QED) is 0.284. The molecule has 0 aromatic rings. The Hall–Kier alpha value is -1.69. The first-order chi connectivity index (χ1) is 12.0. The third-order valence-electron chi connectivity index (χ3n) is 3.59. The molecule has 0 saturated heterocycles. The molecule has 0 heterocycles. The van der Waals surface area contributed by atoms with Gasteiger partial charge in [-0.05, 0) is 19.3 Å². The highest BCUT2D eigenvalue weighted by molar-refractivity contribution is 5.66. The zero-order valence-electron chi connectivity index (χ0n) is 15.0. The van der Waals surface area contributed by atoms with Crippen LogP contribution in [0.4, 0.5) is 0 Å². The van der Waals surface area contributed by atoms with Crippen LogP contribution in [0.3, 0.4) is 0 Å². The summed E-state index contributed by atoms with van der Waals surface area (Å²) in [4.78, 5) is 10.4. The molecule has 5 nitrogen and oxygen atoms in total. The van der Waals surface area contributed by atoms with Crippen LogP contribution >= 0.6 is 0 Å². The summed E-state index contributed by atoms with van der Waals surface area (Å²) in [6, 6.07) is 0. The molecule has 142 valence electrons. The molecule has 0 aliphatic rings. The lowest BCUT2D eigenvalue weighted by Gasteiger charge is -2.13. The Balaban J connectivity index is 3.96. The van der Waals surface area contributed by atoms with Gasteiger partial charge in [-0.15, -0.1) is 0 Å². The molecule has 0 bridgehead atoms. The van der Waals surface area contributed by atoms with Crippen LogP contribution < -0.4 is 0 Å². The Morgan fingerprint density at radius 1 is 0.840 bits per heavy atom. The molecule has 0 aliphatic heterocycles. The number of carbonyl (C=O) groups is 1. The van der Waals surface area contributed by atoms with Crippen molar-refractivity contribution in [1.29, 1.82) is 0 Å². The van der Waals surface area contributed by atoms with E-state index in [1.165, 1.54) is 0 Å². The lowest BCUT2D eigenvalue weighted by Crippen LogP contribution is -2.23. The molecular weight excluding hydrogens is 320 g/mol. The van der Waals surface area contributed by atoms with E-state index in [1.54, 1.807) is 48.6 Å². The molecular formula is C20H32O5. The summed E-state index contributed by atoms with van der Waals surface area (Å²) in [5.74, 6) is -0.854. The first-order valence-corrected chi connectivity index (χ1v) is 8.91. The predicted octanol–water partition coefficient (Wildman–Crippen LogP) is 3.13. The fourth-order valence-corrected chi connectivity index (χ4v) is 2.09. The van der Waals surface area contributed by atoms with Gasteiger partial charge in [0.25, 0.3) is 0 Å². The number of carboxylic acids is 1. The van der Waals surface area contributed by atoms with Gasteiger partial charge in [-0.1, -0.05) is 74.8 Å². The molecule has 5 heteroatoms. The van der Waals surface area contributed by atoms with Crippen LogP contribution in [-0.4, -0.2) is 44.7 Å². The zero-order valence-corrected chi connectivity index (χ0v) is 15.0. The SMILES string of the molecule is CCCCC[C@H](O)[C@H](O)/C=C/C=C/C=C/C=C\[C@@H](O)CCCC(=O)O. The second-order valence-corrected chi connectivity index (χ2v) is 5.95. The van der Waals surface area contributed by atoms with Gasteiger partial charge in [-0.3, -0.25) is 4.79 Å². The van der Waals surface area contributed by atoms with Gasteiger partial charge in [0.05, 0.1) is 18.3 Å².